The Hall–Kier alpha value is -1.39. The Morgan fingerprint density at radius 3 is 2.58 bits per heavy atom. The average molecular weight is 279 g/mol. The van der Waals surface area contributed by atoms with Crippen LogP contribution in [0.4, 0.5) is 4.39 Å². The van der Waals surface area contributed by atoms with Gasteiger partial charge in [-0.05, 0) is 29.5 Å². The van der Waals surface area contributed by atoms with Gasteiger partial charge >= 0.3 is 0 Å². The predicted molar refractivity (Wildman–Crippen MR) is 76.9 cm³/mol. The number of hydrogen-bond acceptors (Lipinski definition) is 3. The van der Waals surface area contributed by atoms with Gasteiger partial charge in [-0.15, -0.1) is 11.3 Å². The normalized spacial score (nSPS) is 14.4. The number of nitrogens with two attached hydrogens (primary N) is 1. The molecule has 1 aromatic carbocycles. The standard InChI is InChI=1S/C15H18FNOS/c1-10(2)14(17)15(13-7-4-8-19-13)18-12-6-3-5-11(16)9-12/h3-10,14-15H,17H2,1-2H3. The van der Waals surface area contributed by atoms with Gasteiger partial charge in [0, 0.05) is 17.0 Å². The van der Waals surface area contributed by atoms with Crippen molar-refractivity contribution in [2.75, 3.05) is 0 Å². The molecule has 0 aliphatic heterocycles. The lowest BCUT2D eigenvalue weighted by Crippen LogP contribution is -2.36. The van der Waals surface area contributed by atoms with Crippen LogP contribution in [0.15, 0.2) is 41.8 Å². The van der Waals surface area contributed by atoms with E-state index in [2.05, 4.69) is 13.8 Å². The Labute approximate surface area is 117 Å². The first-order valence-corrected chi connectivity index (χ1v) is 7.17. The molecule has 0 saturated heterocycles. The lowest BCUT2D eigenvalue weighted by atomic mass is 9.98. The van der Waals surface area contributed by atoms with Gasteiger partial charge in [0.15, 0.2) is 0 Å². The van der Waals surface area contributed by atoms with Crippen molar-refractivity contribution in [3.63, 3.8) is 0 Å². The van der Waals surface area contributed by atoms with Gasteiger partial charge in [0.05, 0.1) is 0 Å². The summed E-state index contributed by atoms with van der Waals surface area (Å²) in [6, 6.07) is 9.99. The van der Waals surface area contributed by atoms with E-state index in [-0.39, 0.29) is 23.9 Å². The summed E-state index contributed by atoms with van der Waals surface area (Å²) in [5.41, 5.74) is 6.23. The van der Waals surface area contributed by atoms with E-state index < -0.39 is 0 Å². The fraction of sp³-hybridized carbons (Fsp3) is 0.333. The van der Waals surface area contributed by atoms with Crippen LogP contribution in [0, 0.1) is 11.7 Å². The summed E-state index contributed by atoms with van der Waals surface area (Å²) < 4.78 is 19.1. The first-order valence-electron chi connectivity index (χ1n) is 6.29. The van der Waals surface area contributed by atoms with Gasteiger partial charge < -0.3 is 10.5 Å². The lowest BCUT2D eigenvalue weighted by Gasteiger charge is -2.27. The molecule has 2 atom stereocenters. The smallest absolute Gasteiger partial charge is 0.148 e. The molecule has 0 saturated carbocycles. The molecule has 0 fully saturated rings. The Morgan fingerprint density at radius 1 is 1.21 bits per heavy atom. The molecule has 0 amide bonds. The van der Waals surface area contributed by atoms with Gasteiger partial charge in [-0.25, -0.2) is 4.39 Å². The van der Waals surface area contributed by atoms with E-state index in [1.807, 2.05) is 17.5 Å². The summed E-state index contributed by atoms with van der Waals surface area (Å²) in [4.78, 5) is 1.06. The second-order valence-corrected chi connectivity index (χ2v) is 5.81. The molecule has 4 heteroatoms. The van der Waals surface area contributed by atoms with E-state index in [0.29, 0.717) is 5.75 Å². The number of halogens is 1. The third-order valence-corrected chi connectivity index (χ3v) is 3.94. The molecule has 2 rings (SSSR count). The molecule has 102 valence electrons. The fourth-order valence-corrected chi connectivity index (χ4v) is 2.63. The van der Waals surface area contributed by atoms with Crippen molar-refractivity contribution >= 4 is 11.3 Å². The van der Waals surface area contributed by atoms with Crippen LogP contribution >= 0.6 is 11.3 Å². The Balaban J connectivity index is 2.23. The summed E-state index contributed by atoms with van der Waals surface area (Å²) in [6.45, 7) is 4.11. The third kappa shape index (κ3) is 3.55. The van der Waals surface area contributed by atoms with Crippen LogP contribution < -0.4 is 10.5 Å². The van der Waals surface area contributed by atoms with Crippen LogP contribution in [0.5, 0.6) is 5.75 Å². The van der Waals surface area contributed by atoms with Crippen molar-refractivity contribution in [1.29, 1.82) is 0 Å². The van der Waals surface area contributed by atoms with Gasteiger partial charge in [-0.1, -0.05) is 26.0 Å². The summed E-state index contributed by atoms with van der Waals surface area (Å²) in [5, 5.41) is 1.99. The molecular formula is C15H18FNOS. The van der Waals surface area contributed by atoms with E-state index in [9.17, 15) is 4.39 Å². The van der Waals surface area contributed by atoms with Crippen molar-refractivity contribution in [3.05, 3.63) is 52.5 Å². The third-order valence-electron chi connectivity index (χ3n) is 3.00. The Kier molecular flexibility index (Phi) is 4.56. The highest BCUT2D eigenvalue weighted by Crippen LogP contribution is 2.30. The van der Waals surface area contributed by atoms with Gasteiger partial charge in [0.2, 0.25) is 0 Å². The number of ether oxygens (including phenoxy) is 1. The van der Waals surface area contributed by atoms with Crippen LogP contribution in [0.25, 0.3) is 0 Å². The maximum Gasteiger partial charge on any atom is 0.148 e. The highest BCUT2D eigenvalue weighted by molar-refractivity contribution is 7.10. The second kappa shape index (κ2) is 6.17. The van der Waals surface area contributed by atoms with Gasteiger partial charge in [0.1, 0.15) is 17.7 Å². The molecule has 1 aromatic heterocycles. The predicted octanol–water partition coefficient (Wildman–Crippen LogP) is 3.99. The SMILES string of the molecule is CC(C)C(N)C(Oc1cccc(F)c1)c1cccs1. The van der Waals surface area contributed by atoms with E-state index in [1.54, 1.807) is 23.5 Å². The Bertz CT molecular complexity index is 513. The molecule has 19 heavy (non-hydrogen) atoms. The number of rotatable bonds is 5. The van der Waals surface area contributed by atoms with Crippen molar-refractivity contribution in [3.8, 4) is 5.75 Å². The quantitative estimate of drug-likeness (QED) is 0.898. The zero-order valence-electron chi connectivity index (χ0n) is 11.0. The van der Waals surface area contributed by atoms with Crippen LogP contribution in [0.3, 0.4) is 0 Å². The Morgan fingerprint density at radius 2 is 2.00 bits per heavy atom. The van der Waals surface area contributed by atoms with E-state index in [4.69, 9.17) is 10.5 Å². The summed E-state index contributed by atoms with van der Waals surface area (Å²) in [7, 11) is 0. The zero-order valence-corrected chi connectivity index (χ0v) is 11.9. The maximum absolute atomic E-state index is 13.2. The molecule has 2 N–H and O–H groups in total. The second-order valence-electron chi connectivity index (χ2n) is 4.83. The zero-order chi connectivity index (χ0) is 13.8. The largest absolute Gasteiger partial charge is 0.483 e. The first-order chi connectivity index (χ1) is 9.08. The first kappa shape index (κ1) is 14.0. The van der Waals surface area contributed by atoms with Crippen molar-refractivity contribution in [1.82, 2.24) is 0 Å². The molecule has 0 spiro atoms. The topological polar surface area (TPSA) is 35.2 Å². The molecule has 2 aromatic rings. The molecule has 0 radical (unpaired) electrons. The van der Waals surface area contributed by atoms with Crippen LogP contribution in [0.1, 0.15) is 24.8 Å². The molecule has 1 heterocycles. The minimum Gasteiger partial charge on any atom is -0.483 e. The van der Waals surface area contributed by atoms with Crippen LogP contribution in [-0.2, 0) is 0 Å². The van der Waals surface area contributed by atoms with E-state index >= 15 is 0 Å². The molecule has 0 aliphatic rings. The fourth-order valence-electron chi connectivity index (χ4n) is 1.82. The van der Waals surface area contributed by atoms with Gasteiger partial charge in [-0.3, -0.25) is 0 Å². The molecule has 0 aliphatic carbocycles. The van der Waals surface area contributed by atoms with Crippen molar-refractivity contribution < 1.29 is 9.13 Å². The molecular weight excluding hydrogens is 261 g/mol. The van der Waals surface area contributed by atoms with Crippen LogP contribution in [-0.4, -0.2) is 6.04 Å². The highest BCUT2D eigenvalue weighted by atomic mass is 32.1. The average Bonchev–Trinajstić information content (AvgIpc) is 2.88. The van der Waals surface area contributed by atoms with Crippen LogP contribution in [0.2, 0.25) is 0 Å². The minimum absolute atomic E-state index is 0.137. The molecule has 2 unspecified atom stereocenters. The van der Waals surface area contributed by atoms with E-state index in [0.717, 1.165) is 4.88 Å². The molecule has 0 bridgehead atoms. The van der Waals surface area contributed by atoms with E-state index in [1.165, 1.54) is 12.1 Å². The molecule has 2 nitrogen and oxygen atoms in total. The lowest BCUT2D eigenvalue weighted by molar-refractivity contribution is 0.154. The maximum atomic E-state index is 13.2. The number of hydrogen-bond donors (Lipinski definition) is 1. The number of thiophene rings is 1. The minimum atomic E-state index is -0.305. The summed E-state index contributed by atoms with van der Waals surface area (Å²) in [5.74, 6) is 0.482. The van der Waals surface area contributed by atoms with Gasteiger partial charge in [0.25, 0.3) is 0 Å². The van der Waals surface area contributed by atoms with Crippen molar-refractivity contribution in [2.45, 2.75) is 26.0 Å². The van der Waals surface area contributed by atoms with Gasteiger partial charge in [-0.2, -0.15) is 0 Å². The van der Waals surface area contributed by atoms with Crippen molar-refractivity contribution in [2.24, 2.45) is 11.7 Å². The summed E-state index contributed by atoms with van der Waals surface area (Å²) >= 11 is 1.60. The highest BCUT2D eigenvalue weighted by Gasteiger charge is 2.25. The monoisotopic (exact) mass is 279 g/mol. The number of benzene rings is 1. The summed E-state index contributed by atoms with van der Waals surface area (Å²) in [6.07, 6.45) is -0.248.